The zero-order chi connectivity index (χ0) is 13.7. The topological polar surface area (TPSA) is 9.23 Å². The minimum Gasteiger partial charge on any atom is -0.329 e. The Morgan fingerprint density at radius 1 is 1.06 bits per heavy atom. The van der Waals surface area contributed by atoms with Gasteiger partial charge in [-0.05, 0) is 0 Å². The summed E-state index contributed by atoms with van der Waals surface area (Å²) in [6, 6.07) is 0. The first-order valence-electron chi connectivity index (χ1n) is 4.13. The summed E-state index contributed by atoms with van der Waals surface area (Å²) < 4.78 is 114. The molecule has 1 nitrogen and oxygen atoms in total. The van der Waals surface area contributed by atoms with Gasteiger partial charge in [0.25, 0.3) is 0 Å². The summed E-state index contributed by atoms with van der Waals surface area (Å²) in [7, 11) is 0. The lowest BCUT2D eigenvalue weighted by Gasteiger charge is -2.30. The fourth-order valence-electron chi connectivity index (χ4n) is 1.30. The van der Waals surface area contributed by atoms with E-state index in [0.717, 1.165) is 0 Å². The summed E-state index contributed by atoms with van der Waals surface area (Å²) in [6.45, 7) is -2.59. The van der Waals surface area contributed by atoms with Gasteiger partial charge >= 0.3 is 23.9 Å². The van der Waals surface area contributed by atoms with Gasteiger partial charge in [0, 0.05) is 0 Å². The number of ether oxygens (including phenoxy) is 1. The maximum atomic E-state index is 13.2. The van der Waals surface area contributed by atoms with Crippen LogP contribution in [-0.4, -0.2) is 36.7 Å². The van der Waals surface area contributed by atoms with Gasteiger partial charge in [-0.2, -0.15) is 30.7 Å². The summed E-state index contributed by atoms with van der Waals surface area (Å²) in [5.41, 5.74) is 0. The summed E-state index contributed by atoms with van der Waals surface area (Å²) >= 11 is 0. The van der Waals surface area contributed by atoms with Crippen LogP contribution < -0.4 is 0 Å². The van der Waals surface area contributed by atoms with E-state index in [2.05, 4.69) is 4.74 Å². The van der Waals surface area contributed by atoms with Gasteiger partial charge in [0.1, 0.15) is 6.61 Å². The largest absolute Gasteiger partial charge is 0.411 e. The van der Waals surface area contributed by atoms with Crippen LogP contribution in [0.2, 0.25) is 0 Å². The molecule has 10 heteroatoms. The second kappa shape index (κ2) is 3.66. The standard InChI is InChI=1S/C7H5F9O/c8-3-1-4(9,10)7(15,16)6(3,14)17-2-5(11,12)13/h3H,1-2H2. The molecule has 0 aliphatic heterocycles. The highest BCUT2D eigenvalue weighted by Gasteiger charge is 2.81. The normalized spacial score (nSPS) is 36.2. The number of alkyl halides is 9. The first kappa shape index (κ1) is 14.4. The zero-order valence-electron chi connectivity index (χ0n) is 7.80. The van der Waals surface area contributed by atoms with E-state index in [1.54, 1.807) is 0 Å². The Labute approximate surface area is 88.5 Å². The van der Waals surface area contributed by atoms with Crippen molar-refractivity contribution in [1.82, 2.24) is 0 Å². The number of rotatable bonds is 2. The molecule has 0 aromatic rings. The lowest BCUT2D eigenvalue weighted by Crippen LogP contribution is -2.54. The Kier molecular flexibility index (Phi) is 3.10. The van der Waals surface area contributed by atoms with Gasteiger partial charge in [0.15, 0.2) is 6.17 Å². The lowest BCUT2D eigenvalue weighted by molar-refractivity contribution is -0.341. The fraction of sp³-hybridized carbons (Fsp3) is 1.00. The van der Waals surface area contributed by atoms with Gasteiger partial charge < -0.3 is 4.74 Å². The molecule has 1 fully saturated rings. The summed E-state index contributed by atoms with van der Waals surface area (Å²) in [4.78, 5) is 0. The molecule has 0 heterocycles. The van der Waals surface area contributed by atoms with Gasteiger partial charge in [-0.3, -0.25) is 0 Å². The van der Waals surface area contributed by atoms with Crippen molar-refractivity contribution in [2.24, 2.45) is 0 Å². The van der Waals surface area contributed by atoms with Crippen molar-refractivity contribution in [3.63, 3.8) is 0 Å². The van der Waals surface area contributed by atoms with Gasteiger partial charge in [0.2, 0.25) is 0 Å². The van der Waals surface area contributed by atoms with Crippen LogP contribution in [0.4, 0.5) is 39.5 Å². The van der Waals surface area contributed by atoms with Crippen molar-refractivity contribution >= 4 is 0 Å². The molecule has 0 saturated heterocycles. The Morgan fingerprint density at radius 3 is 1.82 bits per heavy atom. The van der Waals surface area contributed by atoms with Crippen molar-refractivity contribution in [3.8, 4) is 0 Å². The minimum absolute atomic E-state index is 2.24. The smallest absolute Gasteiger partial charge is 0.329 e. The van der Waals surface area contributed by atoms with Crippen LogP contribution in [-0.2, 0) is 4.74 Å². The summed E-state index contributed by atoms with van der Waals surface area (Å²) in [5, 5.41) is 0. The van der Waals surface area contributed by atoms with Crippen molar-refractivity contribution in [3.05, 3.63) is 0 Å². The molecule has 0 N–H and O–H groups in total. The molecule has 1 aliphatic rings. The van der Waals surface area contributed by atoms with Crippen molar-refractivity contribution in [2.75, 3.05) is 6.61 Å². The molecule has 1 rings (SSSR count). The van der Waals surface area contributed by atoms with Crippen LogP contribution >= 0.6 is 0 Å². The van der Waals surface area contributed by atoms with Crippen LogP contribution in [0.1, 0.15) is 6.42 Å². The third-order valence-corrected chi connectivity index (χ3v) is 2.17. The molecule has 0 bridgehead atoms. The fourth-order valence-corrected chi connectivity index (χ4v) is 1.30. The maximum Gasteiger partial charge on any atom is 0.411 e. The highest BCUT2D eigenvalue weighted by molar-refractivity contribution is 5.09. The molecule has 2 unspecified atom stereocenters. The van der Waals surface area contributed by atoms with E-state index in [-0.39, 0.29) is 0 Å². The maximum absolute atomic E-state index is 13.2. The first-order chi connectivity index (χ1) is 7.33. The molecule has 0 spiro atoms. The van der Waals surface area contributed by atoms with Gasteiger partial charge in [-0.1, -0.05) is 0 Å². The molecule has 2 atom stereocenters. The third-order valence-electron chi connectivity index (χ3n) is 2.17. The molecule has 17 heavy (non-hydrogen) atoms. The molecule has 0 aromatic carbocycles. The number of hydrogen-bond acceptors (Lipinski definition) is 1. The molecule has 102 valence electrons. The average molecular weight is 276 g/mol. The number of hydrogen-bond donors (Lipinski definition) is 0. The van der Waals surface area contributed by atoms with Crippen LogP contribution in [0.15, 0.2) is 0 Å². The van der Waals surface area contributed by atoms with Gasteiger partial charge in [-0.15, -0.1) is 0 Å². The molecular weight excluding hydrogens is 271 g/mol. The number of halogens is 9. The van der Waals surface area contributed by atoms with E-state index >= 15 is 0 Å². The van der Waals surface area contributed by atoms with E-state index in [1.807, 2.05) is 0 Å². The molecule has 1 saturated carbocycles. The van der Waals surface area contributed by atoms with E-state index in [0.29, 0.717) is 0 Å². The van der Waals surface area contributed by atoms with Crippen LogP contribution in [0, 0.1) is 0 Å². The van der Waals surface area contributed by atoms with Crippen molar-refractivity contribution in [2.45, 2.75) is 36.5 Å². The predicted octanol–water partition coefficient (Wildman–Crippen LogP) is 3.24. The summed E-state index contributed by atoms with van der Waals surface area (Å²) in [6.07, 6.45) is -11.0. The van der Waals surface area contributed by atoms with Gasteiger partial charge in [-0.25, -0.2) is 8.78 Å². The highest BCUT2D eigenvalue weighted by atomic mass is 19.4. The Balaban J connectivity index is 2.94. The van der Waals surface area contributed by atoms with Crippen molar-refractivity contribution in [1.29, 1.82) is 0 Å². The second-order valence-electron chi connectivity index (χ2n) is 3.50. The SMILES string of the molecule is FC1CC(F)(F)C(F)(F)C1(F)OCC(F)(F)F. The van der Waals surface area contributed by atoms with Crippen LogP contribution in [0.25, 0.3) is 0 Å². The summed E-state index contributed by atoms with van der Waals surface area (Å²) in [5.74, 6) is -15.7. The predicted molar refractivity (Wildman–Crippen MR) is 35.3 cm³/mol. The van der Waals surface area contributed by atoms with Crippen LogP contribution in [0.5, 0.6) is 0 Å². The van der Waals surface area contributed by atoms with E-state index in [9.17, 15) is 39.5 Å². The first-order valence-corrected chi connectivity index (χ1v) is 4.13. The lowest BCUT2D eigenvalue weighted by atomic mass is 10.2. The average Bonchev–Trinajstić information content (AvgIpc) is 2.21. The molecule has 0 aromatic heterocycles. The van der Waals surface area contributed by atoms with E-state index < -0.39 is 43.1 Å². The van der Waals surface area contributed by atoms with E-state index in [4.69, 9.17) is 0 Å². The Hall–Kier alpha value is -0.670. The molecular formula is C7H5F9O. The quantitative estimate of drug-likeness (QED) is 0.703. The third kappa shape index (κ3) is 2.18. The van der Waals surface area contributed by atoms with Crippen molar-refractivity contribution < 1.29 is 44.3 Å². The highest BCUT2D eigenvalue weighted by Crippen LogP contribution is 2.57. The molecule has 1 aliphatic carbocycles. The zero-order valence-corrected chi connectivity index (χ0v) is 7.80. The monoisotopic (exact) mass is 276 g/mol. The molecule has 0 amide bonds. The Bertz CT molecular complexity index is 298. The minimum atomic E-state index is -5.66. The van der Waals surface area contributed by atoms with Crippen LogP contribution in [0.3, 0.4) is 0 Å². The second-order valence-corrected chi connectivity index (χ2v) is 3.50. The van der Waals surface area contributed by atoms with Gasteiger partial charge in [0.05, 0.1) is 6.42 Å². The Morgan fingerprint density at radius 2 is 1.53 bits per heavy atom. The molecule has 0 radical (unpaired) electrons. The van der Waals surface area contributed by atoms with E-state index in [1.165, 1.54) is 0 Å².